The Morgan fingerprint density at radius 3 is 2.50 bits per heavy atom. The van der Waals surface area contributed by atoms with Gasteiger partial charge in [-0.25, -0.2) is 4.39 Å². The van der Waals surface area contributed by atoms with Gasteiger partial charge in [0.15, 0.2) is 5.60 Å². The van der Waals surface area contributed by atoms with Crippen LogP contribution in [0.15, 0.2) is 84.3 Å². The average molecular weight is 358 g/mol. The van der Waals surface area contributed by atoms with E-state index in [4.69, 9.17) is 4.74 Å². The summed E-state index contributed by atoms with van der Waals surface area (Å²) in [5, 5.41) is 4.39. The van der Waals surface area contributed by atoms with Crippen LogP contribution in [0.4, 0.5) is 4.39 Å². The number of ether oxygens (including phenoxy) is 1. The van der Waals surface area contributed by atoms with Gasteiger partial charge in [-0.3, -0.25) is 0 Å². The second kappa shape index (κ2) is 5.82. The standard InChI is InChI=1S/C23H15FOS/c24-18-10-8-17(9-11-18)23(22-6-3-15-26-22)14-13-20-19-5-2-1-4-16(19)7-12-21(20)25-23/h1-15H. The van der Waals surface area contributed by atoms with E-state index in [2.05, 4.69) is 36.4 Å². The van der Waals surface area contributed by atoms with Crippen molar-refractivity contribution in [1.29, 1.82) is 0 Å². The summed E-state index contributed by atoms with van der Waals surface area (Å²) in [5.41, 5.74) is 1.26. The molecule has 1 unspecified atom stereocenters. The van der Waals surface area contributed by atoms with Gasteiger partial charge in [0.05, 0.1) is 4.88 Å². The van der Waals surface area contributed by atoms with E-state index in [9.17, 15) is 4.39 Å². The summed E-state index contributed by atoms with van der Waals surface area (Å²) in [7, 11) is 0. The quantitative estimate of drug-likeness (QED) is 0.403. The van der Waals surface area contributed by atoms with E-state index in [0.717, 1.165) is 21.8 Å². The number of hydrogen-bond donors (Lipinski definition) is 0. The summed E-state index contributed by atoms with van der Waals surface area (Å²) in [4.78, 5) is 1.07. The first kappa shape index (κ1) is 15.4. The predicted octanol–water partition coefficient (Wildman–Crippen LogP) is 6.39. The van der Waals surface area contributed by atoms with Crippen molar-refractivity contribution in [2.24, 2.45) is 0 Å². The third-order valence-corrected chi connectivity index (χ3v) is 5.83. The summed E-state index contributed by atoms with van der Waals surface area (Å²) in [6.45, 7) is 0. The van der Waals surface area contributed by atoms with Gasteiger partial charge in [0.1, 0.15) is 11.6 Å². The molecule has 5 rings (SSSR count). The number of fused-ring (bicyclic) bond motifs is 3. The molecule has 0 radical (unpaired) electrons. The minimum Gasteiger partial charge on any atom is -0.472 e. The largest absolute Gasteiger partial charge is 0.472 e. The third-order valence-electron chi connectivity index (χ3n) is 4.85. The van der Waals surface area contributed by atoms with Crippen molar-refractivity contribution in [3.05, 3.63) is 106 Å². The second-order valence-corrected chi connectivity index (χ2v) is 7.30. The van der Waals surface area contributed by atoms with Crippen LogP contribution in [0.2, 0.25) is 0 Å². The smallest absolute Gasteiger partial charge is 0.187 e. The normalized spacial score (nSPS) is 18.5. The molecule has 1 aliphatic heterocycles. The molecule has 26 heavy (non-hydrogen) atoms. The molecule has 1 atom stereocenters. The summed E-state index contributed by atoms with van der Waals surface area (Å²) >= 11 is 1.64. The molecule has 0 bridgehead atoms. The Hall–Kier alpha value is -2.91. The summed E-state index contributed by atoms with van der Waals surface area (Å²) in [6, 6.07) is 23.0. The monoisotopic (exact) mass is 358 g/mol. The zero-order valence-corrected chi connectivity index (χ0v) is 14.7. The summed E-state index contributed by atoms with van der Waals surface area (Å²) in [5.74, 6) is 0.588. The Morgan fingerprint density at radius 1 is 0.846 bits per heavy atom. The highest BCUT2D eigenvalue weighted by atomic mass is 32.1. The fraction of sp³-hybridized carbons (Fsp3) is 0.0435. The number of benzene rings is 3. The van der Waals surface area contributed by atoms with Crippen molar-refractivity contribution in [1.82, 2.24) is 0 Å². The highest BCUT2D eigenvalue weighted by Gasteiger charge is 2.38. The molecule has 0 amide bonds. The Morgan fingerprint density at radius 2 is 1.69 bits per heavy atom. The topological polar surface area (TPSA) is 9.23 Å². The van der Waals surface area contributed by atoms with Gasteiger partial charge in [-0.15, -0.1) is 11.3 Å². The molecule has 0 N–H and O–H groups in total. The molecule has 0 saturated heterocycles. The lowest BCUT2D eigenvalue weighted by atomic mass is 9.87. The van der Waals surface area contributed by atoms with Gasteiger partial charge >= 0.3 is 0 Å². The van der Waals surface area contributed by atoms with Crippen molar-refractivity contribution in [2.45, 2.75) is 5.60 Å². The van der Waals surface area contributed by atoms with Gasteiger partial charge in [0, 0.05) is 11.1 Å². The van der Waals surface area contributed by atoms with Crippen LogP contribution in [0.1, 0.15) is 16.0 Å². The van der Waals surface area contributed by atoms with Crippen LogP contribution in [0.25, 0.3) is 16.8 Å². The lowest BCUT2D eigenvalue weighted by Gasteiger charge is -2.35. The van der Waals surface area contributed by atoms with Gasteiger partial charge in [0.25, 0.3) is 0 Å². The second-order valence-electron chi connectivity index (χ2n) is 6.35. The molecule has 1 nitrogen and oxygen atoms in total. The lowest BCUT2D eigenvalue weighted by Crippen LogP contribution is -2.33. The molecule has 0 spiro atoms. The van der Waals surface area contributed by atoms with Crippen LogP contribution in [-0.4, -0.2) is 0 Å². The first-order valence-corrected chi connectivity index (χ1v) is 9.34. The molecular weight excluding hydrogens is 343 g/mol. The number of rotatable bonds is 2. The molecule has 1 aromatic heterocycles. The summed E-state index contributed by atoms with van der Waals surface area (Å²) < 4.78 is 20.1. The summed E-state index contributed by atoms with van der Waals surface area (Å²) in [6.07, 6.45) is 4.21. The van der Waals surface area contributed by atoms with Crippen molar-refractivity contribution in [3.8, 4) is 5.75 Å². The third kappa shape index (κ3) is 2.28. The lowest BCUT2D eigenvalue weighted by molar-refractivity contribution is 0.165. The number of thiophene rings is 1. The molecular formula is C23H15FOS. The van der Waals surface area contributed by atoms with Crippen LogP contribution in [0.5, 0.6) is 5.75 Å². The molecule has 2 heterocycles. The highest BCUT2D eigenvalue weighted by Crippen LogP contribution is 2.45. The van der Waals surface area contributed by atoms with Crippen LogP contribution >= 0.6 is 11.3 Å². The fourth-order valence-corrected chi connectivity index (χ4v) is 4.43. The molecule has 0 fully saturated rings. The van der Waals surface area contributed by atoms with E-state index in [-0.39, 0.29) is 5.82 Å². The van der Waals surface area contributed by atoms with E-state index >= 15 is 0 Å². The molecule has 3 aromatic carbocycles. The molecule has 3 heteroatoms. The van der Waals surface area contributed by atoms with Gasteiger partial charge in [-0.2, -0.15) is 0 Å². The number of hydrogen-bond acceptors (Lipinski definition) is 2. The minimum atomic E-state index is -0.739. The van der Waals surface area contributed by atoms with E-state index in [1.54, 1.807) is 23.5 Å². The Bertz CT molecular complexity index is 1110. The van der Waals surface area contributed by atoms with E-state index in [1.807, 2.05) is 29.6 Å². The average Bonchev–Trinajstić information content (AvgIpc) is 3.23. The molecule has 126 valence electrons. The van der Waals surface area contributed by atoms with Crippen molar-refractivity contribution in [2.75, 3.05) is 0 Å². The van der Waals surface area contributed by atoms with Crippen molar-refractivity contribution < 1.29 is 9.13 Å². The minimum absolute atomic E-state index is 0.249. The zero-order valence-electron chi connectivity index (χ0n) is 13.9. The SMILES string of the molecule is Fc1ccc(C2(c3cccs3)C=Cc3c(ccc4ccccc34)O2)cc1. The first-order valence-electron chi connectivity index (χ1n) is 8.46. The number of halogens is 1. The van der Waals surface area contributed by atoms with Gasteiger partial charge in [-0.05, 0) is 52.6 Å². The van der Waals surface area contributed by atoms with E-state index in [0.29, 0.717) is 0 Å². The first-order chi connectivity index (χ1) is 12.8. The maximum absolute atomic E-state index is 13.5. The van der Waals surface area contributed by atoms with Gasteiger partial charge < -0.3 is 4.74 Å². The van der Waals surface area contributed by atoms with Crippen molar-refractivity contribution >= 4 is 28.2 Å². The van der Waals surface area contributed by atoms with Gasteiger partial charge in [-0.1, -0.05) is 48.5 Å². The van der Waals surface area contributed by atoms with E-state index in [1.165, 1.54) is 22.9 Å². The van der Waals surface area contributed by atoms with Crippen LogP contribution in [0, 0.1) is 5.82 Å². The Kier molecular flexibility index (Phi) is 3.44. The Balaban J connectivity index is 1.73. The molecule has 4 aromatic rings. The Labute approximate surface area is 155 Å². The fourth-order valence-electron chi connectivity index (χ4n) is 3.56. The predicted molar refractivity (Wildman–Crippen MR) is 105 cm³/mol. The van der Waals surface area contributed by atoms with Crippen molar-refractivity contribution in [3.63, 3.8) is 0 Å². The molecule has 0 aliphatic carbocycles. The maximum Gasteiger partial charge on any atom is 0.187 e. The van der Waals surface area contributed by atoms with Gasteiger partial charge in [0.2, 0.25) is 0 Å². The van der Waals surface area contributed by atoms with Crippen LogP contribution in [0.3, 0.4) is 0 Å². The van der Waals surface area contributed by atoms with Crippen LogP contribution in [-0.2, 0) is 5.60 Å². The molecule has 0 saturated carbocycles. The van der Waals surface area contributed by atoms with E-state index < -0.39 is 5.60 Å². The maximum atomic E-state index is 13.5. The highest BCUT2D eigenvalue weighted by molar-refractivity contribution is 7.10. The van der Waals surface area contributed by atoms with Crippen LogP contribution < -0.4 is 4.74 Å². The molecule has 1 aliphatic rings. The zero-order chi connectivity index (χ0) is 17.6.